The van der Waals surface area contributed by atoms with Crippen LogP contribution in [0.1, 0.15) is 40.0 Å². The molecule has 2 rings (SSSR count). The first-order valence-corrected chi connectivity index (χ1v) is 9.27. The van der Waals surface area contributed by atoms with Crippen LogP contribution in [0.25, 0.3) is 0 Å². The first-order valence-electron chi connectivity index (χ1n) is 7.79. The number of hydrogen-bond acceptors (Lipinski definition) is 3. The lowest BCUT2D eigenvalue weighted by Gasteiger charge is -2.33. The molecule has 1 saturated carbocycles. The summed E-state index contributed by atoms with van der Waals surface area (Å²) >= 11 is 0. The topological polar surface area (TPSA) is 58.2 Å². The predicted molar refractivity (Wildman–Crippen MR) is 86.9 cm³/mol. The largest absolute Gasteiger partial charge is 0.381 e. The molecule has 3 atom stereocenters. The van der Waals surface area contributed by atoms with Crippen molar-refractivity contribution in [2.24, 2.45) is 11.8 Å². The van der Waals surface area contributed by atoms with Gasteiger partial charge < -0.3 is 5.32 Å². The van der Waals surface area contributed by atoms with Crippen LogP contribution in [-0.2, 0) is 10.0 Å². The molecule has 0 radical (unpaired) electrons. The van der Waals surface area contributed by atoms with Crippen molar-refractivity contribution in [2.75, 3.05) is 11.9 Å². The van der Waals surface area contributed by atoms with Gasteiger partial charge in [0.25, 0.3) is 0 Å². The molecule has 118 valence electrons. The van der Waals surface area contributed by atoms with Gasteiger partial charge in [-0.2, -0.15) is 0 Å². The number of hydrogen-bond donors (Lipinski definition) is 2. The van der Waals surface area contributed by atoms with Gasteiger partial charge in [-0.3, -0.25) is 0 Å². The summed E-state index contributed by atoms with van der Waals surface area (Å²) in [5, 5.41) is 3.45. The van der Waals surface area contributed by atoms with Crippen molar-refractivity contribution in [2.45, 2.75) is 51.0 Å². The lowest BCUT2D eigenvalue weighted by molar-refractivity contribution is 0.260. The van der Waals surface area contributed by atoms with E-state index in [0.29, 0.717) is 29.1 Å². The Morgan fingerprint density at radius 1 is 1.14 bits per heavy atom. The van der Waals surface area contributed by atoms with Gasteiger partial charge in [0.1, 0.15) is 4.90 Å². The van der Waals surface area contributed by atoms with Crippen LogP contribution in [0.5, 0.6) is 0 Å². The summed E-state index contributed by atoms with van der Waals surface area (Å²) in [6.07, 6.45) is 3.39. The summed E-state index contributed by atoms with van der Waals surface area (Å²) in [7, 11) is -3.43. The summed E-state index contributed by atoms with van der Waals surface area (Å²) in [6, 6.07) is 7.51. The highest BCUT2D eigenvalue weighted by Gasteiger charge is 2.26. The smallest absolute Gasteiger partial charge is 0.242 e. The molecule has 0 aliphatic heterocycles. The predicted octanol–water partition coefficient (Wildman–Crippen LogP) is 3.22. The van der Waals surface area contributed by atoms with E-state index >= 15 is 0 Å². The Kier molecular flexibility index (Phi) is 5.27. The summed E-state index contributed by atoms with van der Waals surface area (Å²) in [4.78, 5) is 0.345. The molecule has 1 aromatic rings. The average Bonchev–Trinajstić information content (AvgIpc) is 2.43. The minimum Gasteiger partial charge on any atom is -0.381 e. The van der Waals surface area contributed by atoms with E-state index in [-0.39, 0.29) is 0 Å². The second-order valence-electron chi connectivity index (χ2n) is 6.11. The van der Waals surface area contributed by atoms with E-state index < -0.39 is 10.0 Å². The normalized spacial score (nSPS) is 26.5. The monoisotopic (exact) mass is 310 g/mol. The molecule has 5 heteroatoms. The molecule has 21 heavy (non-hydrogen) atoms. The fourth-order valence-corrected chi connectivity index (χ4v) is 4.20. The van der Waals surface area contributed by atoms with Crippen LogP contribution in [0.2, 0.25) is 0 Å². The first-order chi connectivity index (χ1) is 9.94. The summed E-state index contributed by atoms with van der Waals surface area (Å²) in [5.41, 5.74) is 0.713. The molecule has 1 aromatic carbocycles. The molecule has 1 aliphatic rings. The van der Waals surface area contributed by atoms with Gasteiger partial charge >= 0.3 is 0 Å². The molecular weight excluding hydrogens is 284 g/mol. The number of benzene rings is 1. The number of nitrogens with one attached hydrogen (secondary N) is 2. The van der Waals surface area contributed by atoms with Crippen LogP contribution in [0.3, 0.4) is 0 Å². The summed E-state index contributed by atoms with van der Waals surface area (Å²) in [5.74, 6) is 1.43. The van der Waals surface area contributed by atoms with Crippen molar-refractivity contribution in [1.29, 1.82) is 0 Å². The van der Waals surface area contributed by atoms with Crippen molar-refractivity contribution in [3.05, 3.63) is 24.3 Å². The molecule has 0 saturated heterocycles. The minimum absolute atomic E-state index is 0.345. The molecule has 0 aromatic heterocycles. The quantitative estimate of drug-likeness (QED) is 0.878. The van der Waals surface area contributed by atoms with Crippen molar-refractivity contribution >= 4 is 15.7 Å². The van der Waals surface area contributed by atoms with E-state index in [1.807, 2.05) is 12.1 Å². The van der Waals surface area contributed by atoms with Crippen LogP contribution in [0.15, 0.2) is 29.2 Å². The number of para-hydroxylation sites is 1. The van der Waals surface area contributed by atoms with E-state index in [9.17, 15) is 8.42 Å². The lowest BCUT2D eigenvalue weighted by atomic mass is 9.79. The van der Waals surface area contributed by atoms with Gasteiger partial charge in [0, 0.05) is 12.6 Å². The number of rotatable bonds is 5. The van der Waals surface area contributed by atoms with Crippen LogP contribution < -0.4 is 10.0 Å². The Labute approximate surface area is 128 Å². The average molecular weight is 310 g/mol. The maximum absolute atomic E-state index is 12.3. The van der Waals surface area contributed by atoms with E-state index in [1.165, 1.54) is 6.42 Å². The van der Waals surface area contributed by atoms with Crippen LogP contribution in [-0.4, -0.2) is 21.0 Å². The fourth-order valence-electron chi connectivity index (χ4n) is 2.99. The third-order valence-corrected chi connectivity index (χ3v) is 6.07. The van der Waals surface area contributed by atoms with Gasteiger partial charge in [-0.15, -0.1) is 0 Å². The molecule has 1 aliphatic carbocycles. The van der Waals surface area contributed by atoms with Gasteiger partial charge in [-0.1, -0.05) is 32.9 Å². The second-order valence-corrected chi connectivity index (χ2v) is 7.84. The molecule has 0 amide bonds. The lowest BCUT2D eigenvalue weighted by Crippen LogP contribution is -2.31. The second kappa shape index (κ2) is 6.79. The van der Waals surface area contributed by atoms with Crippen LogP contribution in [0, 0.1) is 11.8 Å². The van der Waals surface area contributed by atoms with Gasteiger partial charge in [0.2, 0.25) is 10.0 Å². The van der Waals surface area contributed by atoms with Gasteiger partial charge in [0.15, 0.2) is 0 Å². The zero-order valence-electron chi connectivity index (χ0n) is 13.1. The minimum atomic E-state index is -3.43. The van der Waals surface area contributed by atoms with Crippen LogP contribution >= 0.6 is 0 Å². The van der Waals surface area contributed by atoms with E-state index in [0.717, 1.165) is 18.8 Å². The molecule has 0 heterocycles. The first kappa shape index (κ1) is 16.3. The highest BCUT2D eigenvalue weighted by atomic mass is 32.2. The SMILES string of the molecule is CCNS(=O)(=O)c1ccccc1NC1CCC(C)C(C)C1. The third kappa shape index (κ3) is 3.98. The Bertz CT molecular complexity index is 571. The van der Waals surface area contributed by atoms with E-state index in [4.69, 9.17) is 0 Å². The molecular formula is C16H26N2O2S. The maximum atomic E-state index is 12.3. The Hall–Kier alpha value is -1.07. The van der Waals surface area contributed by atoms with Crippen molar-refractivity contribution in [3.8, 4) is 0 Å². The van der Waals surface area contributed by atoms with Crippen molar-refractivity contribution in [1.82, 2.24) is 4.72 Å². The standard InChI is InChI=1S/C16H26N2O2S/c1-4-17-21(19,20)16-8-6-5-7-15(16)18-14-10-9-12(2)13(3)11-14/h5-8,12-14,17-18H,4,9-11H2,1-3H3. The number of sulfonamides is 1. The van der Waals surface area contributed by atoms with Crippen molar-refractivity contribution < 1.29 is 8.42 Å². The van der Waals surface area contributed by atoms with Crippen LogP contribution in [0.4, 0.5) is 5.69 Å². The van der Waals surface area contributed by atoms with Crippen molar-refractivity contribution in [3.63, 3.8) is 0 Å². The summed E-state index contributed by atoms with van der Waals surface area (Å²) in [6.45, 7) is 6.76. The Morgan fingerprint density at radius 2 is 1.86 bits per heavy atom. The molecule has 0 bridgehead atoms. The third-order valence-electron chi connectivity index (χ3n) is 4.47. The zero-order chi connectivity index (χ0) is 15.5. The van der Waals surface area contributed by atoms with Gasteiger partial charge in [-0.05, 0) is 43.2 Å². The zero-order valence-corrected chi connectivity index (χ0v) is 13.9. The van der Waals surface area contributed by atoms with E-state index in [1.54, 1.807) is 19.1 Å². The highest BCUT2D eigenvalue weighted by molar-refractivity contribution is 7.89. The van der Waals surface area contributed by atoms with E-state index in [2.05, 4.69) is 23.9 Å². The maximum Gasteiger partial charge on any atom is 0.242 e. The molecule has 2 N–H and O–H groups in total. The molecule has 3 unspecified atom stereocenters. The van der Waals surface area contributed by atoms with Gasteiger partial charge in [-0.25, -0.2) is 13.1 Å². The fraction of sp³-hybridized carbons (Fsp3) is 0.625. The molecule has 0 spiro atoms. The molecule has 1 fully saturated rings. The Morgan fingerprint density at radius 3 is 2.52 bits per heavy atom. The van der Waals surface area contributed by atoms with Gasteiger partial charge in [0.05, 0.1) is 5.69 Å². The number of anilines is 1. The highest BCUT2D eigenvalue weighted by Crippen LogP contribution is 2.32. The Balaban J connectivity index is 2.18. The molecule has 4 nitrogen and oxygen atoms in total. The summed E-state index contributed by atoms with van der Waals surface area (Å²) < 4.78 is 27.1.